The second kappa shape index (κ2) is 6.43. The summed E-state index contributed by atoms with van der Waals surface area (Å²) in [5.74, 6) is 0.656. The van der Waals surface area contributed by atoms with Gasteiger partial charge in [0.05, 0.1) is 17.8 Å². The maximum absolute atomic E-state index is 8.76. The quantitative estimate of drug-likeness (QED) is 0.358. The first kappa shape index (κ1) is 15.3. The number of methoxy groups -OCH3 is 1. The zero-order valence-corrected chi connectivity index (χ0v) is 11.9. The summed E-state index contributed by atoms with van der Waals surface area (Å²) in [4.78, 5) is 0. The minimum atomic E-state index is -0.236. The number of aryl methyl sites for hydroxylation is 1. The van der Waals surface area contributed by atoms with Crippen molar-refractivity contribution in [3.05, 3.63) is 29.3 Å². The molecule has 0 aliphatic rings. The number of hydrogen-bond donors (Lipinski definition) is 2. The molecule has 0 aliphatic carbocycles. The molecule has 0 atom stereocenters. The van der Waals surface area contributed by atoms with Gasteiger partial charge in [0, 0.05) is 13.5 Å². The molecule has 19 heavy (non-hydrogen) atoms. The van der Waals surface area contributed by atoms with Gasteiger partial charge in [-0.15, -0.1) is 0 Å². The Balaban J connectivity index is 2.80. The Labute approximate surface area is 114 Å². The van der Waals surface area contributed by atoms with E-state index >= 15 is 0 Å². The van der Waals surface area contributed by atoms with E-state index in [2.05, 4.69) is 5.16 Å². The molecule has 0 amide bonds. The Hall–Kier alpha value is -1.75. The standard InChI is InChI=1S/C14H22N2O3/c1-10-5-6-11(13(15)16-17)12(9-10)19-8-7-14(2,3)18-4/h5-6,9,17H,7-8H2,1-4H3,(H2,15,16). The average molecular weight is 266 g/mol. The SMILES string of the molecule is COC(C)(C)CCOc1cc(C)ccc1/C(N)=N/O. The van der Waals surface area contributed by atoms with Gasteiger partial charge in [-0.3, -0.25) is 0 Å². The Morgan fingerprint density at radius 2 is 2.11 bits per heavy atom. The van der Waals surface area contributed by atoms with Gasteiger partial charge in [0.2, 0.25) is 0 Å². The Kier molecular flexibility index (Phi) is 5.18. The lowest BCUT2D eigenvalue weighted by molar-refractivity contribution is 0.00543. The highest BCUT2D eigenvalue weighted by Crippen LogP contribution is 2.21. The predicted molar refractivity (Wildman–Crippen MR) is 74.9 cm³/mol. The second-order valence-corrected chi connectivity index (χ2v) is 5.05. The second-order valence-electron chi connectivity index (χ2n) is 5.05. The molecule has 0 aromatic heterocycles. The number of rotatable bonds is 6. The van der Waals surface area contributed by atoms with Crippen LogP contribution in [0.5, 0.6) is 5.75 Å². The van der Waals surface area contributed by atoms with E-state index in [1.807, 2.05) is 32.9 Å². The summed E-state index contributed by atoms with van der Waals surface area (Å²) >= 11 is 0. The van der Waals surface area contributed by atoms with Crippen LogP contribution in [-0.2, 0) is 4.74 Å². The molecule has 0 saturated heterocycles. The van der Waals surface area contributed by atoms with E-state index in [0.29, 0.717) is 17.9 Å². The lowest BCUT2D eigenvalue weighted by atomic mass is 10.1. The molecular weight excluding hydrogens is 244 g/mol. The number of amidine groups is 1. The highest BCUT2D eigenvalue weighted by Gasteiger charge is 2.17. The van der Waals surface area contributed by atoms with Gasteiger partial charge in [0.15, 0.2) is 5.84 Å². The first-order valence-electron chi connectivity index (χ1n) is 6.16. The summed E-state index contributed by atoms with van der Waals surface area (Å²) in [6.07, 6.45) is 0.743. The largest absolute Gasteiger partial charge is 0.493 e. The highest BCUT2D eigenvalue weighted by atomic mass is 16.5. The summed E-state index contributed by atoms with van der Waals surface area (Å²) in [5.41, 5.74) is 7.03. The van der Waals surface area contributed by atoms with Gasteiger partial charge in [0.1, 0.15) is 5.75 Å². The molecule has 3 N–H and O–H groups in total. The Morgan fingerprint density at radius 1 is 1.42 bits per heavy atom. The zero-order valence-electron chi connectivity index (χ0n) is 11.9. The van der Waals surface area contributed by atoms with E-state index in [-0.39, 0.29) is 11.4 Å². The normalized spacial score (nSPS) is 12.5. The van der Waals surface area contributed by atoms with Crippen molar-refractivity contribution >= 4 is 5.84 Å². The number of nitrogens with two attached hydrogens (primary N) is 1. The molecule has 5 heteroatoms. The molecule has 0 spiro atoms. The third-order valence-electron chi connectivity index (χ3n) is 3.04. The number of hydrogen-bond acceptors (Lipinski definition) is 4. The van der Waals surface area contributed by atoms with Crippen molar-refractivity contribution in [1.29, 1.82) is 0 Å². The van der Waals surface area contributed by atoms with Gasteiger partial charge in [-0.05, 0) is 38.5 Å². The fourth-order valence-electron chi connectivity index (χ4n) is 1.52. The molecular formula is C14H22N2O3. The maximum Gasteiger partial charge on any atom is 0.173 e. The molecule has 0 aliphatic heterocycles. The average Bonchev–Trinajstić information content (AvgIpc) is 2.38. The molecule has 0 fully saturated rings. The van der Waals surface area contributed by atoms with Gasteiger partial charge in [0.25, 0.3) is 0 Å². The van der Waals surface area contributed by atoms with Gasteiger partial charge in [-0.2, -0.15) is 0 Å². The molecule has 0 unspecified atom stereocenters. The first-order chi connectivity index (χ1) is 8.89. The van der Waals surface area contributed by atoms with E-state index in [0.717, 1.165) is 12.0 Å². The number of oxime groups is 1. The third-order valence-corrected chi connectivity index (χ3v) is 3.04. The van der Waals surface area contributed by atoms with Crippen LogP contribution in [0.4, 0.5) is 0 Å². The molecule has 0 bridgehead atoms. The minimum Gasteiger partial charge on any atom is -0.493 e. The minimum absolute atomic E-state index is 0.0426. The van der Waals surface area contributed by atoms with Crippen LogP contribution < -0.4 is 10.5 Å². The Morgan fingerprint density at radius 3 is 2.68 bits per heavy atom. The summed E-state index contributed by atoms with van der Waals surface area (Å²) in [6, 6.07) is 5.54. The fraction of sp³-hybridized carbons (Fsp3) is 0.500. The van der Waals surface area contributed by atoms with Crippen molar-refractivity contribution < 1.29 is 14.7 Å². The first-order valence-corrected chi connectivity index (χ1v) is 6.16. The van der Waals surface area contributed by atoms with Crippen LogP contribution >= 0.6 is 0 Å². The van der Waals surface area contributed by atoms with Crippen LogP contribution in [0.25, 0.3) is 0 Å². The predicted octanol–water partition coefficient (Wildman–Crippen LogP) is 2.28. The maximum atomic E-state index is 8.76. The van der Waals surface area contributed by atoms with Crippen molar-refractivity contribution in [3.63, 3.8) is 0 Å². The van der Waals surface area contributed by atoms with Crippen LogP contribution in [0.2, 0.25) is 0 Å². The summed E-state index contributed by atoms with van der Waals surface area (Å²) in [6.45, 7) is 6.45. The number of ether oxygens (including phenoxy) is 2. The van der Waals surface area contributed by atoms with Crippen LogP contribution in [0.15, 0.2) is 23.4 Å². The van der Waals surface area contributed by atoms with Gasteiger partial charge >= 0.3 is 0 Å². The van der Waals surface area contributed by atoms with Crippen molar-refractivity contribution in [1.82, 2.24) is 0 Å². The summed E-state index contributed by atoms with van der Waals surface area (Å²) < 4.78 is 11.1. The lowest BCUT2D eigenvalue weighted by Gasteiger charge is -2.23. The number of benzene rings is 1. The van der Waals surface area contributed by atoms with Crippen LogP contribution in [0.3, 0.4) is 0 Å². The van der Waals surface area contributed by atoms with Crippen LogP contribution in [-0.4, -0.2) is 30.4 Å². The van der Waals surface area contributed by atoms with Crippen molar-refractivity contribution in [3.8, 4) is 5.75 Å². The topological polar surface area (TPSA) is 77.1 Å². The van der Waals surface area contributed by atoms with Gasteiger partial charge in [-0.1, -0.05) is 11.2 Å². The monoisotopic (exact) mass is 266 g/mol. The number of nitrogens with zero attached hydrogens (tertiary/aromatic N) is 1. The molecule has 1 rings (SSSR count). The van der Waals surface area contributed by atoms with Crippen LogP contribution in [0.1, 0.15) is 31.4 Å². The van der Waals surface area contributed by atoms with E-state index in [4.69, 9.17) is 20.4 Å². The molecule has 0 heterocycles. The van der Waals surface area contributed by atoms with E-state index in [9.17, 15) is 0 Å². The molecule has 0 saturated carbocycles. The molecule has 1 aromatic rings. The van der Waals surface area contributed by atoms with E-state index in [1.165, 1.54) is 0 Å². The van der Waals surface area contributed by atoms with Crippen LogP contribution in [0, 0.1) is 6.92 Å². The highest BCUT2D eigenvalue weighted by molar-refractivity contribution is 5.99. The zero-order chi connectivity index (χ0) is 14.5. The van der Waals surface area contributed by atoms with Crippen molar-refractivity contribution in [2.75, 3.05) is 13.7 Å². The summed E-state index contributed by atoms with van der Waals surface area (Å²) in [7, 11) is 1.68. The third kappa shape index (κ3) is 4.44. The molecule has 5 nitrogen and oxygen atoms in total. The van der Waals surface area contributed by atoms with Gasteiger partial charge in [-0.25, -0.2) is 0 Å². The Bertz CT molecular complexity index is 456. The molecule has 106 valence electrons. The van der Waals surface area contributed by atoms with Gasteiger partial charge < -0.3 is 20.4 Å². The van der Waals surface area contributed by atoms with Crippen molar-refractivity contribution in [2.45, 2.75) is 32.8 Å². The molecule has 1 aromatic carbocycles. The van der Waals surface area contributed by atoms with E-state index < -0.39 is 0 Å². The van der Waals surface area contributed by atoms with Crippen molar-refractivity contribution in [2.24, 2.45) is 10.9 Å². The smallest absolute Gasteiger partial charge is 0.173 e. The fourth-order valence-corrected chi connectivity index (χ4v) is 1.52. The lowest BCUT2D eigenvalue weighted by Crippen LogP contribution is -2.25. The summed E-state index contributed by atoms with van der Waals surface area (Å²) in [5, 5.41) is 11.8. The molecule has 0 radical (unpaired) electrons. The van der Waals surface area contributed by atoms with E-state index in [1.54, 1.807) is 13.2 Å².